The first-order chi connectivity index (χ1) is 7.74. The molecule has 3 N–H and O–H groups in total. The molecule has 0 bridgehead atoms. The Morgan fingerprint density at radius 1 is 1.75 bits per heavy atom. The molecule has 6 heteroatoms. The third kappa shape index (κ3) is 1.98. The molecule has 2 rings (SSSR count). The summed E-state index contributed by atoms with van der Waals surface area (Å²) >= 11 is 0. The van der Waals surface area contributed by atoms with Gasteiger partial charge < -0.3 is 10.6 Å². The van der Waals surface area contributed by atoms with Gasteiger partial charge in [-0.05, 0) is 12.8 Å². The number of hydrogen-bond donors (Lipinski definition) is 2. The summed E-state index contributed by atoms with van der Waals surface area (Å²) in [5.41, 5.74) is 6.30. The van der Waals surface area contributed by atoms with E-state index >= 15 is 0 Å². The number of nitrogen functional groups attached to an aromatic ring is 1. The second kappa shape index (κ2) is 4.23. The van der Waals surface area contributed by atoms with Crippen molar-refractivity contribution in [3.63, 3.8) is 0 Å². The highest BCUT2D eigenvalue weighted by Crippen LogP contribution is 2.28. The summed E-state index contributed by atoms with van der Waals surface area (Å²) < 4.78 is 0. The Morgan fingerprint density at radius 2 is 2.50 bits per heavy atom. The Bertz CT molecular complexity index is 429. The largest absolute Gasteiger partial charge is 0.396 e. The molecule has 1 heterocycles. The second-order valence-electron chi connectivity index (χ2n) is 3.84. The molecule has 0 aliphatic heterocycles. The minimum Gasteiger partial charge on any atom is -0.396 e. The number of H-pyrrole nitrogens is 1. The third-order valence-electron chi connectivity index (χ3n) is 2.60. The number of aromatic nitrogens is 2. The molecule has 0 spiro atoms. The zero-order valence-electron chi connectivity index (χ0n) is 8.81. The Balaban J connectivity index is 2.11. The average Bonchev–Trinajstić information content (AvgIpc) is 3.01. The average molecular weight is 219 g/mol. The Hall–Kier alpha value is -2.03. The summed E-state index contributed by atoms with van der Waals surface area (Å²) in [4.78, 5) is 13.8. The Morgan fingerprint density at radius 3 is 3.00 bits per heavy atom. The van der Waals surface area contributed by atoms with Crippen molar-refractivity contribution in [1.29, 1.82) is 5.26 Å². The summed E-state index contributed by atoms with van der Waals surface area (Å²) in [5.74, 6) is -0.159. The summed E-state index contributed by atoms with van der Waals surface area (Å²) in [6.45, 7) is 0.457. The van der Waals surface area contributed by atoms with Gasteiger partial charge in [-0.25, -0.2) is 0 Å². The lowest BCUT2D eigenvalue weighted by Gasteiger charge is -2.20. The first-order valence-electron chi connectivity index (χ1n) is 5.20. The van der Waals surface area contributed by atoms with Gasteiger partial charge in [0.1, 0.15) is 5.69 Å². The molecule has 16 heavy (non-hydrogen) atoms. The lowest BCUT2D eigenvalue weighted by molar-refractivity contribution is 0.0742. The molecule has 0 aromatic carbocycles. The van der Waals surface area contributed by atoms with Crippen LogP contribution in [-0.4, -0.2) is 33.6 Å². The highest BCUT2D eigenvalue weighted by molar-refractivity contribution is 5.97. The Labute approximate surface area is 93.0 Å². The molecular weight excluding hydrogens is 206 g/mol. The maximum absolute atomic E-state index is 12.1. The number of nitrogens with two attached hydrogens (primary N) is 1. The van der Waals surface area contributed by atoms with Crippen molar-refractivity contribution in [2.75, 3.05) is 12.3 Å². The van der Waals surface area contributed by atoms with E-state index in [9.17, 15) is 4.79 Å². The van der Waals surface area contributed by atoms with Gasteiger partial charge in [0.2, 0.25) is 0 Å². The van der Waals surface area contributed by atoms with Gasteiger partial charge in [-0.1, -0.05) is 0 Å². The fourth-order valence-electron chi connectivity index (χ4n) is 1.62. The fourth-order valence-corrected chi connectivity index (χ4v) is 1.62. The zero-order valence-corrected chi connectivity index (χ0v) is 8.81. The fraction of sp³-hybridized carbons (Fsp3) is 0.500. The number of nitrogens with one attached hydrogen (secondary N) is 1. The number of anilines is 1. The van der Waals surface area contributed by atoms with Crippen LogP contribution in [0, 0.1) is 11.3 Å². The molecule has 1 aliphatic carbocycles. The molecule has 1 aromatic rings. The predicted octanol–water partition coefficient (Wildman–Crippen LogP) is 0.510. The molecule has 6 nitrogen and oxygen atoms in total. The lowest BCUT2D eigenvalue weighted by atomic mass is 10.3. The van der Waals surface area contributed by atoms with Crippen LogP contribution in [-0.2, 0) is 0 Å². The maximum atomic E-state index is 12.1. The minimum absolute atomic E-state index is 0.159. The van der Waals surface area contributed by atoms with Gasteiger partial charge in [0, 0.05) is 12.6 Å². The van der Waals surface area contributed by atoms with Crippen LogP contribution in [0.1, 0.15) is 29.8 Å². The number of carbonyl (C=O) groups is 1. The highest BCUT2D eigenvalue weighted by Gasteiger charge is 2.33. The van der Waals surface area contributed by atoms with Crippen molar-refractivity contribution in [2.45, 2.75) is 25.3 Å². The number of rotatable bonds is 4. The van der Waals surface area contributed by atoms with Crippen LogP contribution in [0.4, 0.5) is 5.69 Å². The first kappa shape index (κ1) is 10.5. The summed E-state index contributed by atoms with van der Waals surface area (Å²) in [6, 6.07) is 2.31. The van der Waals surface area contributed by atoms with Crippen molar-refractivity contribution in [1.82, 2.24) is 15.1 Å². The number of hydrogen-bond acceptors (Lipinski definition) is 4. The number of amides is 1. The van der Waals surface area contributed by atoms with Crippen LogP contribution in [0.2, 0.25) is 0 Å². The number of nitrogens with zero attached hydrogens (tertiary/aromatic N) is 3. The molecule has 0 radical (unpaired) electrons. The summed E-state index contributed by atoms with van der Waals surface area (Å²) in [5, 5.41) is 14.9. The molecule has 0 saturated heterocycles. The van der Waals surface area contributed by atoms with Crippen molar-refractivity contribution in [3.8, 4) is 6.07 Å². The summed E-state index contributed by atoms with van der Waals surface area (Å²) in [7, 11) is 0. The van der Waals surface area contributed by atoms with Crippen molar-refractivity contribution in [2.24, 2.45) is 0 Å². The lowest BCUT2D eigenvalue weighted by Crippen LogP contribution is -2.34. The summed E-state index contributed by atoms with van der Waals surface area (Å²) in [6.07, 6.45) is 3.77. The van der Waals surface area contributed by atoms with Crippen LogP contribution in [0.25, 0.3) is 0 Å². The minimum atomic E-state index is -0.159. The van der Waals surface area contributed by atoms with E-state index in [1.165, 1.54) is 6.20 Å². The van der Waals surface area contributed by atoms with Crippen LogP contribution < -0.4 is 5.73 Å². The van der Waals surface area contributed by atoms with Crippen molar-refractivity contribution in [3.05, 3.63) is 11.9 Å². The van der Waals surface area contributed by atoms with Crippen LogP contribution in [0.3, 0.4) is 0 Å². The molecule has 1 saturated carbocycles. The zero-order chi connectivity index (χ0) is 11.5. The van der Waals surface area contributed by atoms with Gasteiger partial charge in [0.05, 0.1) is 24.4 Å². The van der Waals surface area contributed by atoms with E-state index in [-0.39, 0.29) is 11.9 Å². The van der Waals surface area contributed by atoms with Gasteiger partial charge in [0.15, 0.2) is 0 Å². The number of carbonyl (C=O) groups excluding carboxylic acids is 1. The monoisotopic (exact) mass is 219 g/mol. The van der Waals surface area contributed by atoms with Crippen molar-refractivity contribution < 1.29 is 4.79 Å². The Kier molecular flexibility index (Phi) is 2.77. The highest BCUT2D eigenvalue weighted by atomic mass is 16.2. The molecule has 1 fully saturated rings. The van der Waals surface area contributed by atoms with Gasteiger partial charge in [0.25, 0.3) is 5.91 Å². The molecular formula is C10H13N5O. The van der Waals surface area contributed by atoms with Gasteiger partial charge in [-0.2, -0.15) is 10.4 Å². The van der Waals surface area contributed by atoms with Gasteiger partial charge >= 0.3 is 0 Å². The van der Waals surface area contributed by atoms with Crippen molar-refractivity contribution >= 4 is 11.6 Å². The maximum Gasteiger partial charge on any atom is 0.274 e. The normalized spacial score (nSPS) is 14.4. The molecule has 0 atom stereocenters. The van der Waals surface area contributed by atoms with E-state index in [1.807, 2.05) is 6.07 Å². The SMILES string of the molecule is N#CCCN(C(=O)c1[nH]ncc1N)C1CC1. The molecule has 0 unspecified atom stereocenters. The van der Waals surface area contributed by atoms with Gasteiger partial charge in [-0.3, -0.25) is 9.89 Å². The third-order valence-corrected chi connectivity index (χ3v) is 2.60. The van der Waals surface area contributed by atoms with Gasteiger partial charge in [-0.15, -0.1) is 0 Å². The smallest absolute Gasteiger partial charge is 0.274 e. The topological polar surface area (TPSA) is 98.8 Å². The van der Waals surface area contributed by atoms with Crippen LogP contribution in [0.5, 0.6) is 0 Å². The molecule has 84 valence electrons. The standard InChI is InChI=1S/C10H13N5O/c11-4-1-5-15(7-2-3-7)10(16)9-8(12)6-13-14-9/h6-7H,1-3,5,12H2,(H,13,14). The second-order valence-corrected chi connectivity index (χ2v) is 3.84. The van der Waals surface area contributed by atoms with E-state index in [0.29, 0.717) is 24.3 Å². The van der Waals surface area contributed by atoms with E-state index in [4.69, 9.17) is 11.0 Å². The number of nitriles is 1. The van der Waals surface area contributed by atoms with E-state index in [2.05, 4.69) is 10.2 Å². The van der Waals surface area contributed by atoms with Crippen LogP contribution in [0.15, 0.2) is 6.20 Å². The molecule has 1 aliphatic rings. The quantitative estimate of drug-likeness (QED) is 0.770. The first-order valence-corrected chi connectivity index (χ1v) is 5.20. The van der Waals surface area contributed by atoms with E-state index in [0.717, 1.165) is 12.8 Å². The molecule has 1 amide bonds. The molecule has 1 aromatic heterocycles. The van der Waals surface area contributed by atoms with E-state index < -0.39 is 0 Å². The predicted molar refractivity (Wildman–Crippen MR) is 57.3 cm³/mol. The van der Waals surface area contributed by atoms with Crippen LogP contribution >= 0.6 is 0 Å². The number of aromatic amines is 1. The van der Waals surface area contributed by atoms with E-state index in [1.54, 1.807) is 4.90 Å².